The third-order valence-electron chi connectivity index (χ3n) is 3.96. The molecule has 0 bridgehead atoms. The molecule has 2 aromatic rings. The van der Waals surface area contributed by atoms with Gasteiger partial charge in [-0.05, 0) is 48.7 Å². The first-order valence-corrected chi connectivity index (χ1v) is 10.4. The minimum absolute atomic E-state index is 0.139. The molecule has 0 unspecified atom stereocenters. The van der Waals surface area contributed by atoms with Crippen LogP contribution in [0.5, 0.6) is 5.75 Å². The Hall–Kier alpha value is -2.91. The van der Waals surface area contributed by atoms with Crippen molar-refractivity contribution < 1.29 is 27.5 Å². The number of hydrogen-bond acceptors (Lipinski definition) is 6. The number of hydrazine groups is 1. The topological polar surface area (TPSA) is 111 Å². The highest BCUT2D eigenvalue weighted by atomic mass is 32.2. The molecular formula is C20H24N2O6S. The van der Waals surface area contributed by atoms with Gasteiger partial charge in [-0.15, -0.1) is 4.83 Å². The molecule has 0 aliphatic carbocycles. The van der Waals surface area contributed by atoms with Gasteiger partial charge in [-0.1, -0.05) is 26.0 Å². The summed E-state index contributed by atoms with van der Waals surface area (Å²) in [7, 11) is -3.03. The van der Waals surface area contributed by atoms with E-state index in [1.807, 2.05) is 4.83 Å². The summed E-state index contributed by atoms with van der Waals surface area (Å²) in [5.74, 6) is -0.310. The van der Waals surface area contributed by atoms with Crippen LogP contribution in [0.1, 0.15) is 41.0 Å². The third-order valence-corrected chi connectivity index (χ3v) is 5.27. The van der Waals surface area contributed by atoms with Gasteiger partial charge in [0.25, 0.3) is 15.9 Å². The smallest absolute Gasteiger partial charge is 0.339 e. The van der Waals surface area contributed by atoms with Crippen LogP contribution in [-0.4, -0.2) is 34.0 Å². The Morgan fingerprint density at radius 3 is 2.31 bits per heavy atom. The summed E-state index contributed by atoms with van der Waals surface area (Å²) in [6, 6.07) is 11.8. The quantitative estimate of drug-likeness (QED) is 0.476. The summed E-state index contributed by atoms with van der Waals surface area (Å²) in [6.45, 7) is 4.77. The molecule has 0 aliphatic heterocycles. The van der Waals surface area contributed by atoms with Gasteiger partial charge in [-0.3, -0.25) is 10.2 Å². The molecule has 0 aromatic heterocycles. The van der Waals surface area contributed by atoms with Crippen molar-refractivity contribution in [3.05, 3.63) is 59.7 Å². The Morgan fingerprint density at radius 1 is 1.03 bits per heavy atom. The number of carbonyl (C=O) groups excluding carboxylic acids is 2. The number of amides is 1. The van der Waals surface area contributed by atoms with Crippen molar-refractivity contribution in [2.24, 2.45) is 5.92 Å². The lowest BCUT2D eigenvalue weighted by Gasteiger charge is -2.12. The van der Waals surface area contributed by atoms with Crippen molar-refractivity contribution in [2.75, 3.05) is 13.7 Å². The molecule has 0 spiro atoms. The predicted molar refractivity (Wildman–Crippen MR) is 107 cm³/mol. The number of methoxy groups -OCH3 is 1. The zero-order chi connectivity index (χ0) is 21.4. The summed E-state index contributed by atoms with van der Waals surface area (Å²) in [6.07, 6.45) is 0.914. The number of ether oxygens (including phenoxy) is 2. The van der Waals surface area contributed by atoms with Crippen LogP contribution in [0.2, 0.25) is 0 Å². The highest BCUT2D eigenvalue weighted by Gasteiger charge is 2.23. The molecule has 9 heteroatoms. The molecule has 0 heterocycles. The molecule has 0 saturated carbocycles. The summed E-state index contributed by atoms with van der Waals surface area (Å²) in [5, 5.41) is 0. The molecule has 2 N–H and O–H groups in total. The first-order chi connectivity index (χ1) is 13.7. The number of esters is 1. The second-order valence-corrected chi connectivity index (χ2v) is 8.25. The number of nitrogens with one attached hydrogen (secondary N) is 2. The molecule has 0 aliphatic rings. The molecule has 8 nitrogen and oxygen atoms in total. The first kappa shape index (κ1) is 22.4. The van der Waals surface area contributed by atoms with Crippen molar-refractivity contribution in [1.82, 2.24) is 10.3 Å². The van der Waals surface area contributed by atoms with E-state index in [9.17, 15) is 18.0 Å². The molecule has 156 valence electrons. The zero-order valence-electron chi connectivity index (χ0n) is 16.5. The van der Waals surface area contributed by atoms with Crippen molar-refractivity contribution in [2.45, 2.75) is 25.2 Å². The Bertz CT molecular complexity index is 955. The number of carbonyl (C=O) groups is 2. The SMILES string of the molecule is COC(=O)c1ccccc1S(=O)(=O)NNC(=O)c1ccc(OCCC(C)C)cc1. The maximum atomic E-state index is 12.5. The van der Waals surface area contributed by atoms with Crippen LogP contribution in [0.3, 0.4) is 0 Å². The van der Waals surface area contributed by atoms with Gasteiger partial charge < -0.3 is 9.47 Å². The first-order valence-electron chi connectivity index (χ1n) is 8.97. The fraction of sp³-hybridized carbons (Fsp3) is 0.300. The fourth-order valence-corrected chi connectivity index (χ4v) is 3.37. The molecule has 2 aromatic carbocycles. The van der Waals surface area contributed by atoms with Gasteiger partial charge in [0.15, 0.2) is 0 Å². The molecule has 0 saturated heterocycles. The summed E-state index contributed by atoms with van der Waals surface area (Å²) >= 11 is 0. The van der Waals surface area contributed by atoms with Gasteiger partial charge in [0, 0.05) is 5.56 Å². The van der Waals surface area contributed by atoms with E-state index in [4.69, 9.17) is 4.74 Å². The van der Waals surface area contributed by atoms with E-state index >= 15 is 0 Å². The lowest BCUT2D eigenvalue weighted by molar-refractivity contribution is 0.0596. The van der Waals surface area contributed by atoms with Crippen LogP contribution in [0, 0.1) is 5.92 Å². The van der Waals surface area contributed by atoms with Crippen molar-refractivity contribution in [1.29, 1.82) is 0 Å². The zero-order valence-corrected chi connectivity index (χ0v) is 17.3. The number of rotatable bonds is 9. The van der Waals surface area contributed by atoms with Gasteiger partial charge in [-0.25, -0.2) is 13.2 Å². The lowest BCUT2D eigenvalue weighted by Crippen LogP contribution is -2.42. The van der Waals surface area contributed by atoms with Crippen molar-refractivity contribution in [3.8, 4) is 5.75 Å². The highest BCUT2D eigenvalue weighted by Crippen LogP contribution is 2.16. The van der Waals surface area contributed by atoms with Gasteiger partial charge in [0.05, 0.1) is 24.2 Å². The average Bonchev–Trinajstić information content (AvgIpc) is 2.71. The Labute approximate surface area is 170 Å². The molecule has 0 fully saturated rings. The Kier molecular flexibility index (Phi) is 7.74. The van der Waals surface area contributed by atoms with Gasteiger partial charge >= 0.3 is 5.97 Å². The number of sulfonamides is 1. The van der Waals surface area contributed by atoms with Crippen LogP contribution in [0.15, 0.2) is 53.4 Å². The van der Waals surface area contributed by atoms with Crippen LogP contribution >= 0.6 is 0 Å². The minimum atomic E-state index is -4.18. The summed E-state index contributed by atoms with van der Waals surface area (Å²) in [4.78, 5) is 25.7. The lowest BCUT2D eigenvalue weighted by atomic mass is 10.1. The number of hydrogen-bond donors (Lipinski definition) is 2. The summed E-state index contributed by atoms with van der Waals surface area (Å²) < 4.78 is 35.1. The van der Waals surface area contributed by atoms with Gasteiger partial charge in [0.1, 0.15) is 5.75 Å². The molecule has 2 rings (SSSR count). The predicted octanol–water partition coefficient (Wildman–Crippen LogP) is 2.52. The van der Waals surface area contributed by atoms with Crippen LogP contribution in [0.25, 0.3) is 0 Å². The van der Waals surface area contributed by atoms with E-state index in [1.165, 1.54) is 36.4 Å². The van der Waals surface area contributed by atoms with Crippen LogP contribution in [-0.2, 0) is 14.8 Å². The van der Waals surface area contributed by atoms with Crippen molar-refractivity contribution in [3.63, 3.8) is 0 Å². The highest BCUT2D eigenvalue weighted by molar-refractivity contribution is 7.89. The standard InChI is InChI=1S/C20H24N2O6S/c1-14(2)12-13-28-16-10-8-15(9-11-16)19(23)21-22-29(25,26)18-7-5-4-6-17(18)20(24)27-3/h4-11,14,22H,12-13H2,1-3H3,(H,21,23). The number of benzene rings is 2. The van der Waals surface area contributed by atoms with E-state index in [1.54, 1.807) is 12.1 Å². The Morgan fingerprint density at radius 2 is 1.69 bits per heavy atom. The molecule has 0 radical (unpaired) electrons. The van der Waals surface area contributed by atoms with Gasteiger partial charge in [0.2, 0.25) is 0 Å². The molecule has 29 heavy (non-hydrogen) atoms. The second-order valence-electron chi connectivity index (χ2n) is 6.60. The largest absolute Gasteiger partial charge is 0.494 e. The van der Waals surface area contributed by atoms with Crippen LogP contribution in [0.4, 0.5) is 0 Å². The maximum Gasteiger partial charge on any atom is 0.339 e. The van der Waals surface area contributed by atoms with Crippen LogP contribution < -0.4 is 15.0 Å². The third kappa shape index (κ3) is 6.30. The molecule has 0 atom stereocenters. The average molecular weight is 420 g/mol. The van der Waals surface area contributed by atoms with E-state index in [0.29, 0.717) is 18.3 Å². The molecule has 1 amide bonds. The van der Waals surface area contributed by atoms with E-state index < -0.39 is 21.9 Å². The second kappa shape index (κ2) is 10.0. The molecular weight excluding hydrogens is 396 g/mol. The minimum Gasteiger partial charge on any atom is -0.494 e. The Balaban J connectivity index is 2.02. The van der Waals surface area contributed by atoms with E-state index in [0.717, 1.165) is 13.5 Å². The van der Waals surface area contributed by atoms with Gasteiger partial charge in [-0.2, -0.15) is 0 Å². The maximum absolute atomic E-state index is 12.5. The fourth-order valence-electron chi connectivity index (χ4n) is 2.34. The van der Waals surface area contributed by atoms with Crippen molar-refractivity contribution >= 4 is 21.9 Å². The van der Waals surface area contributed by atoms with E-state index in [-0.39, 0.29) is 16.0 Å². The normalized spacial score (nSPS) is 11.2. The monoisotopic (exact) mass is 420 g/mol. The summed E-state index contributed by atoms with van der Waals surface area (Å²) in [5.41, 5.74) is 2.23. The van der Waals surface area contributed by atoms with E-state index in [2.05, 4.69) is 24.0 Å².